The Bertz CT molecular complexity index is 362. The number of alkyl halides is 2. The normalized spacial score (nSPS) is 11.8. The molecule has 0 N–H and O–H groups in total. The molecule has 0 aliphatic carbocycles. The van der Waals surface area contributed by atoms with Crippen molar-refractivity contribution in [3.05, 3.63) is 34.1 Å². The summed E-state index contributed by atoms with van der Waals surface area (Å²) in [5, 5.41) is 1.84. The monoisotopic (exact) mass is 428 g/mol. The van der Waals surface area contributed by atoms with E-state index in [0.29, 0.717) is 0 Å². The van der Waals surface area contributed by atoms with Gasteiger partial charge in [-0.15, -0.1) is 0 Å². The molecule has 1 aromatic rings. The van der Waals surface area contributed by atoms with Crippen molar-refractivity contribution in [3.8, 4) is 0 Å². The summed E-state index contributed by atoms with van der Waals surface area (Å²) in [7, 11) is 0. The molecule has 1 aromatic carbocycles. The highest BCUT2D eigenvalue weighted by Gasteiger charge is 2.28. The highest BCUT2D eigenvalue weighted by molar-refractivity contribution is 9.10. The van der Waals surface area contributed by atoms with Crippen LogP contribution in [0.3, 0.4) is 0 Å². The zero-order valence-corrected chi connectivity index (χ0v) is 14.5. The van der Waals surface area contributed by atoms with E-state index >= 15 is 0 Å². The van der Waals surface area contributed by atoms with Crippen LogP contribution in [0.1, 0.15) is 25.3 Å². The zero-order chi connectivity index (χ0) is 12.9. The van der Waals surface area contributed by atoms with Crippen LogP contribution in [0, 0.1) is 11.2 Å². The molecule has 0 saturated carbocycles. The molecule has 1 rings (SSSR count). The van der Waals surface area contributed by atoms with Gasteiger partial charge < -0.3 is 0 Å². The lowest BCUT2D eigenvalue weighted by Crippen LogP contribution is -2.27. The Morgan fingerprint density at radius 2 is 1.88 bits per heavy atom. The highest BCUT2D eigenvalue weighted by Crippen LogP contribution is 2.35. The number of benzene rings is 1. The predicted octanol–water partition coefficient (Wildman–Crippen LogP) is 5.71. The van der Waals surface area contributed by atoms with E-state index in [9.17, 15) is 4.39 Å². The van der Waals surface area contributed by atoms with Crippen LogP contribution in [0.25, 0.3) is 0 Å². The minimum atomic E-state index is -0.169. The van der Waals surface area contributed by atoms with E-state index in [0.717, 1.165) is 40.0 Å². The number of hydrogen-bond donors (Lipinski definition) is 0. The molecule has 0 amide bonds. The third-order valence-corrected chi connectivity index (χ3v) is 6.07. The fourth-order valence-electron chi connectivity index (χ4n) is 1.97. The van der Waals surface area contributed by atoms with Gasteiger partial charge in [-0.05, 0) is 42.0 Å². The Balaban J connectivity index is 2.96. The molecule has 0 nitrogen and oxygen atoms in total. The topological polar surface area (TPSA) is 0 Å². The number of hydrogen-bond acceptors (Lipinski definition) is 0. The van der Waals surface area contributed by atoms with Gasteiger partial charge in [0.1, 0.15) is 5.82 Å². The molecular formula is C13H16Br3F. The Morgan fingerprint density at radius 1 is 1.24 bits per heavy atom. The van der Waals surface area contributed by atoms with Crippen LogP contribution in [0.4, 0.5) is 4.39 Å². The summed E-state index contributed by atoms with van der Waals surface area (Å²) in [4.78, 5) is 0. The summed E-state index contributed by atoms with van der Waals surface area (Å²) in [6, 6.07) is 4.89. The van der Waals surface area contributed by atoms with Gasteiger partial charge in [-0.3, -0.25) is 0 Å². The van der Waals surface area contributed by atoms with Crippen LogP contribution in [0.5, 0.6) is 0 Å². The lowest BCUT2D eigenvalue weighted by Gasteiger charge is -2.30. The number of rotatable bonds is 6. The molecule has 0 aliphatic rings. The van der Waals surface area contributed by atoms with Crippen molar-refractivity contribution < 1.29 is 4.39 Å². The van der Waals surface area contributed by atoms with Crippen molar-refractivity contribution in [3.63, 3.8) is 0 Å². The largest absolute Gasteiger partial charge is 0.207 e. The van der Waals surface area contributed by atoms with Gasteiger partial charge in [0, 0.05) is 15.1 Å². The first kappa shape index (κ1) is 15.6. The van der Waals surface area contributed by atoms with Crippen LogP contribution >= 0.6 is 47.8 Å². The second-order valence-corrected chi connectivity index (χ2v) is 6.41. The maximum absolute atomic E-state index is 13.3. The van der Waals surface area contributed by atoms with E-state index in [-0.39, 0.29) is 11.2 Å². The van der Waals surface area contributed by atoms with Crippen LogP contribution in [0.15, 0.2) is 22.7 Å². The van der Waals surface area contributed by atoms with E-state index in [1.165, 1.54) is 6.07 Å². The van der Waals surface area contributed by atoms with Crippen molar-refractivity contribution in [2.24, 2.45) is 5.41 Å². The number of halogens is 4. The van der Waals surface area contributed by atoms with E-state index in [1.54, 1.807) is 12.1 Å². The summed E-state index contributed by atoms with van der Waals surface area (Å²) < 4.78 is 14.3. The summed E-state index contributed by atoms with van der Waals surface area (Å²) in [6.07, 6.45) is 3.12. The van der Waals surface area contributed by atoms with Gasteiger partial charge in [-0.25, -0.2) is 4.39 Å². The van der Waals surface area contributed by atoms with Gasteiger partial charge >= 0.3 is 0 Å². The van der Waals surface area contributed by atoms with E-state index in [2.05, 4.69) is 54.7 Å². The Morgan fingerprint density at radius 3 is 2.41 bits per heavy atom. The van der Waals surface area contributed by atoms with E-state index < -0.39 is 0 Å². The molecule has 0 aromatic heterocycles. The molecule has 17 heavy (non-hydrogen) atoms. The van der Waals surface area contributed by atoms with Crippen LogP contribution in [-0.2, 0) is 6.42 Å². The maximum Gasteiger partial charge on any atom is 0.123 e. The van der Waals surface area contributed by atoms with Crippen molar-refractivity contribution in [1.82, 2.24) is 0 Å². The molecule has 0 aliphatic heterocycles. The van der Waals surface area contributed by atoms with Gasteiger partial charge in [0.15, 0.2) is 0 Å². The molecule has 4 heteroatoms. The fourth-order valence-corrected chi connectivity index (χ4v) is 4.24. The van der Waals surface area contributed by atoms with Gasteiger partial charge in [0.05, 0.1) is 0 Å². The molecule has 0 unspecified atom stereocenters. The average Bonchev–Trinajstić information content (AvgIpc) is 2.33. The molecule has 0 radical (unpaired) electrons. The van der Waals surface area contributed by atoms with E-state index in [4.69, 9.17) is 0 Å². The zero-order valence-electron chi connectivity index (χ0n) is 9.78. The molecule has 0 fully saturated rings. The smallest absolute Gasteiger partial charge is 0.123 e. The van der Waals surface area contributed by atoms with Crippen LogP contribution < -0.4 is 0 Å². The first-order valence-corrected chi connectivity index (χ1v) is 8.66. The minimum absolute atomic E-state index is 0.158. The van der Waals surface area contributed by atoms with Crippen LogP contribution in [-0.4, -0.2) is 10.7 Å². The van der Waals surface area contributed by atoms with Crippen molar-refractivity contribution >= 4 is 47.8 Å². The SMILES string of the molecule is CCCC(CBr)(CBr)Cc1cc(F)ccc1Br. The Labute approximate surface area is 128 Å². The van der Waals surface area contributed by atoms with Gasteiger partial charge in [-0.2, -0.15) is 0 Å². The molecule has 0 bridgehead atoms. The maximum atomic E-state index is 13.3. The van der Waals surface area contributed by atoms with E-state index in [1.807, 2.05) is 0 Å². The highest BCUT2D eigenvalue weighted by atomic mass is 79.9. The van der Waals surface area contributed by atoms with Gasteiger partial charge in [-0.1, -0.05) is 61.1 Å². The lowest BCUT2D eigenvalue weighted by atomic mass is 9.81. The first-order valence-electron chi connectivity index (χ1n) is 5.63. The fraction of sp³-hybridized carbons (Fsp3) is 0.538. The Kier molecular flexibility index (Phi) is 6.67. The van der Waals surface area contributed by atoms with Crippen molar-refractivity contribution in [2.75, 3.05) is 10.7 Å². The van der Waals surface area contributed by atoms with Crippen molar-refractivity contribution in [1.29, 1.82) is 0 Å². The second kappa shape index (κ2) is 7.25. The molecule has 0 atom stereocenters. The summed E-state index contributed by atoms with van der Waals surface area (Å²) in [5.74, 6) is -0.169. The van der Waals surface area contributed by atoms with Gasteiger partial charge in [0.2, 0.25) is 0 Å². The first-order chi connectivity index (χ1) is 8.06. The molecule has 0 spiro atoms. The predicted molar refractivity (Wildman–Crippen MR) is 82.7 cm³/mol. The summed E-state index contributed by atoms with van der Waals surface area (Å²) in [5.41, 5.74) is 1.20. The molecule has 0 heterocycles. The second-order valence-electron chi connectivity index (χ2n) is 4.43. The molecule has 96 valence electrons. The van der Waals surface area contributed by atoms with Crippen molar-refractivity contribution in [2.45, 2.75) is 26.2 Å². The average molecular weight is 431 g/mol. The molecular weight excluding hydrogens is 415 g/mol. The molecule has 0 saturated heterocycles. The van der Waals surface area contributed by atoms with Crippen LogP contribution in [0.2, 0.25) is 0 Å². The minimum Gasteiger partial charge on any atom is -0.207 e. The Hall–Kier alpha value is 0.590. The quantitative estimate of drug-likeness (QED) is 0.507. The lowest BCUT2D eigenvalue weighted by molar-refractivity contribution is 0.351. The summed E-state index contributed by atoms with van der Waals surface area (Å²) >= 11 is 10.7. The summed E-state index contributed by atoms with van der Waals surface area (Å²) in [6.45, 7) is 2.18. The third kappa shape index (κ3) is 4.32. The standard InChI is InChI=1S/C13H16Br3F/c1-2-5-13(8-14,9-15)7-10-6-11(17)3-4-12(10)16/h3-4,6H,2,5,7-9H2,1H3. The van der Waals surface area contributed by atoms with Gasteiger partial charge in [0.25, 0.3) is 0 Å². The third-order valence-electron chi connectivity index (χ3n) is 2.92.